The lowest BCUT2D eigenvalue weighted by molar-refractivity contribution is -0.146. The number of benzene rings is 1. The number of nitrogens with zero attached hydrogens (tertiary/aromatic N) is 2. The van der Waals surface area contributed by atoms with Crippen LogP contribution in [-0.4, -0.2) is 20.9 Å². The third-order valence-corrected chi connectivity index (χ3v) is 3.04. The minimum Gasteiger partial charge on any atom is -0.481 e. The molecule has 0 aliphatic heterocycles. The van der Waals surface area contributed by atoms with Crippen LogP contribution in [0.3, 0.4) is 0 Å². The summed E-state index contributed by atoms with van der Waals surface area (Å²) in [4.78, 5) is 11.1. The molecule has 0 aliphatic rings. The molecule has 4 heteroatoms. The number of hydrogen-bond acceptors (Lipinski definition) is 2. The SMILES string of the molecule is Cn1ncc2ccc(CC(C)(C)C(=O)O)cc21. The van der Waals surface area contributed by atoms with Gasteiger partial charge in [-0.25, -0.2) is 0 Å². The standard InChI is InChI=1S/C13H16N2O2/c1-13(2,12(16)17)7-9-4-5-10-8-14-15(3)11(10)6-9/h4-6,8H,7H2,1-3H3,(H,16,17). The van der Waals surface area contributed by atoms with Crippen LogP contribution in [0, 0.1) is 5.41 Å². The van der Waals surface area contributed by atoms with Gasteiger partial charge in [0.2, 0.25) is 0 Å². The molecule has 2 aromatic rings. The molecule has 2 rings (SSSR count). The molecule has 1 aromatic heterocycles. The van der Waals surface area contributed by atoms with Gasteiger partial charge in [0.15, 0.2) is 0 Å². The monoisotopic (exact) mass is 232 g/mol. The van der Waals surface area contributed by atoms with E-state index in [1.165, 1.54) is 0 Å². The van der Waals surface area contributed by atoms with Crippen LogP contribution in [0.2, 0.25) is 0 Å². The highest BCUT2D eigenvalue weighted by molar-refractivity contribution is 5.80. The van der Waals surface area contributed by atoms with Crippen molar-refractivity contribution in [3.8, 4) is 0 Å². The Balaban J connectivity index is 2.37. The van der Waals surface area contributed by atoms with Crippen molar-refractivity contribution in [2.45, 2.75) is 20.3 Å². The smallest absolute Gasteiger partial charge is 0.309 e. The zero-order valence-electron chi connectivity index (χ0n) is 10.3. The molecular formula is C13H16N2O2. The largest absolute Gasteiger partial charge is 0.481 e. The maximum Gasteiger partial charge on any atom is 0.309 e. The van der Waals surface area contributed by atoms with Crippen molar-refractivity contribution in [2.24, 2.45) is 12.5 Å². The van der Waals surface area contributed by atoms with E-state index in [1.54, 1.807) is 24.7 Å². The van der Waals surface area contributed by atoms with Gasteiger partial charge in [0.05, 0.1) is 17.1 Å². The van der Waals surface area contributed by atoms with Crippen molar-refractivity contribution in [1.82, 2.24) is 9.78 Å². The Bertz CT molecular complexity index is 570. The lowest BCUT2D eigenvalue weighted by Crippen LogP contribution is -2.26. The summed E-state index contributed by atoms with van der Waals surface area (Å²) in [7, 11) is 1.88. The fourth-order valence-corrected chi connectivity index (χ4v) is 1.89. The molecule has 0 saturated heterocycles. The van der Waals surface area contributed by atoms with Gasteiger partial charge in [-0.15, -0.1) is 0 Å². The summed E-state index contributed by atoms with van der Waals surface area (Å²) in [6.45, 7) is 3.48. The van der Waals surface area contributed by atoms with E-state index < -0.39 is 11.4 Å². The molecule has 0 atom stereocenters. The normalized spacial score (nSPS) is 11.9. The summed E-state index contributed by atoms with van der Waals surface area (Å²) >= 11 is 0. The molecular weight excluding hydrogens is 216 g/mol. The van der Waals surface area contributed by atoms with E-state index in [1.807, 2.05) is 25.2 Å². The van der Waals surface area contributed by atoms with Gasteiger partial charge in [-0.05, 0) is 31.9 Å². The Morgan fingerprint density at radius 3 is 2.82 bits per heavy atom. The lowest BCUT2D eigenvalue weighted by Gasteiger charge is -2.18. The third-order valence-electron chi connectivity index (χ3n) is 3.04. The average molecular weight is 232 g/mol. The first-order valence-corrected chi connectivity index (χ1v) is 5.54. The lowest BCUT2D eigenvalue weighted by atomic mass is 9.86. The zero-order valence-corrected chi connectivity index (χ0v) is 10.3. The molecule has 4 nitrogen and oxygen atoms in total. The van der Waals surface area contributed by atoms with Crippen molar-refractivity contribution in [3.05, 3.63) is 30.0 Å². The van der Waals surface area contributed by atoms with E-state index in [9.17, 15) is 4.79 Å². The predicted molar refractivity (Wildman–Crippen MR) is 65.8 cm³/mol. The average Bonchev–Trinajstić information content (AvgIpc) is 2.60. The van der Waals surface area contributed by atoms with Crippen molar-refractivity contribution in [2.75, 3.05) is 0 Å². The second-order valence-electron chi connectivity index (χ2n) is 5.03. The van der Waals surface area contributed by atoms with Crippen molar-refractivity contribution in [1.29, 1.82) is 0 Å². The van der Waals surface area contributed by atoms with Gasteiger partial charge in [0, 0.05) is 12.4 Å². The Labute approximate surface area is 99.9 Å². The minimum atomic E-state index is -0.775. The third kappa shape index (κ3) is 2.16. The molecule has 0 amide bonds. The number of rotatable bonds is 3. The van der Waals surface area contributed by atoms with Gasteiger partial charge in [-0.2, -0.15) is 5.10 Å². The molecule has 90 valence electrons. The van der Waals surface area contributed by atoms with E-state index in [4.69, 9.17) is 5.11 Å². The van der Waals surface area contributed by atoms with Crippen LogP contribution in [0.5, 0.6) is 0 Å². The molecule has 0 spiro atoms. The van der Waals surface area contributed by atoms with Crippen LogP contribution >= 0.6 is 0 Å². The Kier molecular flexibility index (Phi) is 2.65. The van der Waals surface area contributed by atoms with Gasteiger partial charge < -0.3 is 5.11 Å². The van der Waals surface area contributed by atoms with Crippen LogP contribution < -0.4 is 0 Å². The quantitative estimate of drug-likeness (QED) is 0.882. The van der Waals surface area contributed by atoms with Crippen LogP contribution in [0.4, 0.5) is 0 Å². The van der Waals surface area contributed by atoms with Gasteiger partial charge in [-0.3, -0.25) is 9.48 Å². The fourth-order valence-electron chi connectivity index (χ4n) is 1.89. The first-order valence-electron chi connectivity index (χ1n) is 5.54. The number of carboxylic acids is 1. The van der Waals surface area contributed by atoms with Gasteiger partial charge >= 0.3 is 5.97 Å². The number of hydrogen-bond donors (Lipinski definition) is 1. The molecule has 1 aromatic carbocycles. The highest BCUT2D eigenvalue weighted by Crippen LogP contribution is 2.24. The summed E-state index contributed by atoms with van der Waals surface area (Å²) in [6.07, 6.45) is 2.32. The maximum absolute atomic E-state index is 11.1. The van der Waals surface area contributed by atoms with E-state index >= 15 is 0 Å². The summed E-state index contributed by atoms with van der Waals surface area (Å²) in [6, 6.07) is 5.96. The van der Waals surface area contributed by atoms with E-state index in [2.05, 4.69) is 5.10 Å². The van der Waals surface area contributed by atoms with Crippen LogP contribution in [0.25, 0.3) is 10.9 Å². The van der Waals surface area contributed by atoms with E-state index in [0.29, 0.717) is 6.42 Å². The van der Waals surface area contributed by atoms with Gasteiger partial charge in [-0.1, -0.05) is 12.1 Å². The minimum absolute atomic E-state index is 0.517. The van der Waals surface area contributed by atoms with Crippen LogP contribution in [0.15, 0.2) is 24.4 Å². The van der Waals surface area contributed by atoms with Gasteiger partial charge in [0.1, 0.15) is 0 Å². The first kappa shape index (κ1) is 11.6. The molecule has 17 heavy (non-hydrogen) atoms. The molecule has 0 aliphatic carbocycles. The molecule has 0 unspecified atom stereocenters. The second kappa shape index (κ2) is 3.87. The van der Waals surface area contributed by atoms with Crippen LogP contribution in [-0.2, 0) is 18.3 Å². The predicted octanol–water partition coefficient (Wildman–Crippen LogP) is 2.23. The number of aromatic nitrogens is 2. The fraction of sp³-hybridized carbons (Fsp3) is 0.385. The second-order valence-corrected chi connectivity index (χ2v) is 5.03. The molecule has 1 heterocycles. The number of carbonyl (C=O) groups is 1. The van der Waals surface area contributed by atoms with E-state index in [-0.39, 0.29) is 0 Å². The Morgan fingerprint density at radius 2 is 2.18 bits per heavy atom. The number of aliphatic carboxylic acids is 1. The molecule has 0 saturated carbocycles. The number of carboxylic acid groups (broad SMARTS) is 1. The number of fused-ring (bicyclic) bond motifs is 1. The van der Waals surface area contributed by atoms with Gasteiger partial charge in [0.25, 0.3) is 0 Å². The maximum atomic E-state index is 11.1. The molecule has 0 bridgehead atoms. The summed E-state index contributed by atoms with van der Waals surface area (Å²) in [5.41, 5.74) is 1.31. The highest BCUT2D eigenvalue weighted by Gasteiger charge is 2.27. The van der Waals surface area contributed by atoms with Crippen molar-refractivity contribution in [3.63, 3.8) is 0 Å². The summed E-state index contributed by atoms with van der Waals surface area (Å²) in [5, 5.41) is 14.4. The summed E-state index contributed by atoms with van der Waals surface area (Å²) < 4.78 is 1.80. The first-order chi connectivity index (χ1) is 7.90. The molecule has 0 fully saturated rings. The molecule has 1 N–H and O–H groups in total. The van der Waals surface area contributed by atoms with E-state index in [0.717, 1.165) is 16.5 Å². The molecule has 0 radical (unpaired) electrons. The Morgan fingerprint density at radius 1 is 1.47 bits per heavy atom. The number of aryl methyl sites for hydroxylation is 1. The van der Waals surface area contributed by atoms with Crippen molar-refractivity contribution < 1.29 is 9.90 Å². The van der Waals surface area contributed by atoms with Crippen molar-refractivity contribution >= 4 is 16.9 Å². The zero-order chi connectivity index (χ0) is 12.6. The highest BCUT2D eigenvalue weighted by atomic mass is 16.4. The van der Waals surface area contributed by atoms with Crippen LogP contribution in [0.1, 0.15) is 19.4 Å². The summed E-state index contributed by atoms with van der Waals surface area (Å²) in [5.74, 6) is -0.775. The Hall–Kier alpha value is -1.84. The topological polar surface area (TPSA) is 55.1 Å².